The van der Waals surface area contributed by atoms with Crippen LogP contribution in [0.25, 0.3) is 0 Å². The van der Waals surface area contributed by atoms with Crippen LogP contribution in [0, 0.1) is 6.92 Å². The van der Waals surface area contributed by atoms with Crippen LogP contribution in [0.3, 0.4) is 0 Å². The first-order chi connectivity index (χ1) is 18.5. The Bertz CT molecular complexity index is 978. The highest BCUT2D eigenvalue weighted by atomic mass is 32.2. The maximum atomic E-state index is 12.8. The number of hydrogen-bond acceptors (Lipinski definition) is 7. The molecule has 0 radical (unpaired) electrons. The first-order valence-corrected chi connectivity index (χ1v) is 15.1. The minimum Gasteiger partial charge on any atom is -0.370 e. The molecule has 8 nitrogen and oxygen atoms in total. The Morgan fingerprint density at radius 3 is 2.51 bits per heavy atom. The lowest BCUT2D eigenvalue weighted by Crippen LogP contribution is -2.47. The lowest BCUT2D eigenvalue weighted by atomic mass is 9.89. The summed E-state index contributed by atoms with van der Waals surface area (Å²) >= 11 is 1.40. The second kappa shape index (κ2) is 15.7. The second-order valence-corrected chi connectivity index (χ2v) is 11.6. The predicted molar refractivity (Wildman–Crippen MR) is 160 cm³/mol. The minimum absolute atomic E-state index is 0. The average molecular weight is 561 g/mol. The molecular weight excluding hydrogens is 512 g/mol. The summed E-state index contributed by atoms with van der Waals surface area (Å²) in [5.41, 5.74) is 2.74. The highest BCUT2D eigenvalue weighted by Crippen LogP contribution is 2.33. The van der Waals surface area contributed by atoms with Gasteiger partial charge in [-0.2, -0.15) is 0 Å². The molecule has 4 rings (SSSR count). The van der Waals surface area contributed by atoms with E-state index in [2.05, 4.69) is 35.6 Å². The van der Waals surface area contributed by atoms with Gasteiger partial charge in [-0.05, 0) is 55.9 Å². The third-order valence-electron chi connectivity index (χ3n) is 7.83. The van der Waals surface area contributed by atoms with E-state index in [4.69, 9.17) is 13.9 Å². The molecule has 9 heteroatoms. The molecule has 0 aromatic heterocycles. The zero-order chi connectivity index (χ0) is 26.8. The van der Waals surface area contributed by atoms with E-state index in [-0.39, 0.29) is 25.8 Å². The Kier molecular flexibility index (Phi) is 12.8. The van der Waals surface area contributed by atoms with Crippen molar-refractivity contribution in [2.75, 3.05) is 44.4 Å². The third-order valence-corrected chi connectivity index (χ3v) is 8.68. The van der Waals surface area contributed by atoms with Crippen LogP contribution in [-0.4, -0.2) is 66.9 Å². The van der Waals surface area contributed by atoms with Crippen LogP contribution in [0.5, 0.6) is 0 Å². The number of amides is 2. The van der Waals surface area contributed by atoms with E-state index < -0.39 is 5.54 Å². The molecule has 218 valence electrons. The fraction of sp³-hybridized carbons (Fsp3) is 0.700. The van der Waals surface area contributed by atoms with Crippen LogP contribution >= 0.6 is 12.2 Å². The van der Waals surface area contributed by atoms with Gasteiger partial charge in [0, 0.05) is 31.7 Å². The van der Waals surface area contributed by atoms with E-state index >= 15 is 0 Å². The van der Waals surface area contributed by atoms with Crippen molar-refractivity contribution in [2.45, 2.75) is 97.4 Å². The molecule has 1 spiro atoms. The highest BCUT2D eigenvalue weighted by Gasteiger charge is 2.45. The van der Waals surface area contributed by atoms with Crippen molar-refractivity contribution in [1.29, 1.82) is 0 Å². The number of nitrogens with zero attached hydrogens (tertiary/aromatic N) is 3. The molecule has 3 aliphatic heterocycles. The number of aliphatic imine (C=N–C) groups is 1. The number of unbranched alkanes of at least 4 members (excludes halogenated alkanes) is 6. The normalized spacial score (nSPS) is 19.2. The van der Waals surface area contributed by atoms with E-state index in [1.165, 1.54) is 56.3 Å². The molecule has 0 saturated carbocycles. The summed E-state index contributed by atoms with van der Waals surface area (Å²) in [7, 11) is 0. The summed E-state index contributed by atoms with van der Waals surface area (Å²) in [6.45, 7) is 7.82. The summed E-state index contributed by atoms with van der Waals surface area (Å²) in [4.78, 5) is 31.5. The summed E-state index contributed by atoms with van der Waals surface area (Å²) in [5, 5.41) is 3.07. The van der Waals surface area contributed by atoms with Crippen LogP contribution in [0.15, 0.2) is 23.2 Å². The zero-order valence-corrected chi connectivity index (χ0v) is 24.0. The molecular formula is C30H48N4O4S. The van der Waals surface area contributed by atoms with Gasteiger partial charge >= 0.3 is 0 Å². The standard InChI is InChI=1S/C29H44N4O4S.CH4/c1-3-4-5-6-7-8-9-10-26-30-28(35)29(31-26)14-16-32(17-15-29)38-37-19-13-24-11-12-25(21-23(24)2)33-18-20-36-22-27(33)34;/h11-12,21H,3-10,13-20,22H2,1-2H3,(H,30,31,35);1H4. The number of aryl methyl sites for hydroxylation is 1. The van der Waals surface area contributed by atoms with Gasteiger partial charge in [-0.15, -0.1) is 0 Å². The Morgan fingerprint density at radius 1 is 1.05 bits per heavy atom. The van der Waals surface area contributed by atoms with Gasteiger partial charge in [0.05, 0.1) is 25.4 Å². The molecule has 3 aliphatic rings. The van der Waals surface area contributed by atoms with Crippen LogP contribution in [0.1, 0.15) is 89.7 Å². The summed E-state index contributed by atoms with van der Waals surface area (Å²) in [6.07, 6.45) is 12.0. The van der Waals surface area contributed by atoms with Crippen molar-refractivity contribution < 1.29 is 18.5 Å². The van der Waals surface area contributed by atoms with Gasteiger partial charge in [0.25, 0.3) is 11.8 Å². The monoisotopic (exact) mass is 560 g/mol. The molecule has 2 saturated heterocycles. The Hall–Kier alpha value is -1.94. The van der Waals surface area contributed by atoms with Gasteiger partial charge in [-0.25, -0.2) is 4.31 Å². The lowest BCUT2D eigenvalue weighted by Gasteiger charge is -2.33. The van der Waals surface area contributed by atoms with E-state index in [0.717, 1.165) is 62.3 Å². The van der Waals surface area contributed by atoms with E-state index in [9.17, 15) is 9.59 Å². The lowest BCUT2D eigenvalue weighted by molar-refractivity contribution is -0.126. The van der Waals surface area contributed by atoms with Gasteiger partial charge in [-0.1, -0.05) is 58.9 Å². The molecule has 3 heterocycles. The molecule has 0 unspecified atom stereocenters. The topological polar surface area (TPSA) is 83.5 Å². The number of morpholine rings is 1. The van der Waals surface area contributed by atoms with Crippen molar-refractivity contribution in [1.82, 2.24) is 9.62 Å². The van der Waals surface area contributed by atoms with E-state index in [0.29, 0.717) is 19.8 Å². The summed E-state index contributed by atoms with van der Waals surface area (Å²) < 4.78 is 13.3. The van der Waals surface area contributed by atoms with Crippen LogP contribution in [0.2, 0.25) is 0 Å². The van der Waals surface area contributed by atoms with Gasteiger partial charge < -0.3 is 19.1 Å². The second-order valence-electron chi connectivity index (χ2n) is 10.7. The average Bonchev–Trinajstić information content (AvgIpc) is 3.22. The molecule has 1 aromatic carbocycles. The van der Waals surface area contributed by atoms with Gasteiger partial charge in [-0.3, -0.25) is 14.6 Å². The Morgan fingerprint density at radius 2 is 1.79 bits per heavy atom. The van der Waals surface area contributed by atoms with Crippen molar-refractivity contribution in [3.63, 3.8) is 0 Å². The zero-order valence-electron chi connectivity index (χ0n) is 23.1. The van der Waals surface area contributed by atoms with Crippen LogP contribution in [-0.2, 0) is 24.9 Å². The minimum atomic E-state index is -0.575. The third kappa shape index (κ3) is 8.77. The highest BCUT2D eigenvalue weighted by molar-refractivity contribution is 7.92. The number of hydrogen-bond donors (Lipinski definition) is 1. The summed E-state index contributed by atoms with van der Waals surface area (Å²) in [5.74, 6) is 0.982. The first kappa shape index (κ1) is 31.6. The maximum Gasteiger partial charge on any atom is 0.253 e. The van der Waals surface area contributed by atoms with Gasteiger partial charge in [0.1, 0.15) is 18.0 Å². The number of carbonyl (C=O) groups excluding carboxylic acids is 2. The summed E-state index contributed by atoms with van der Waals surface area (Å²) in [6, 6.07) is 6.18. The number of rotatable bonds is 14. The van der Waals surface area contributed by atoms with Crippen LogP contribution < -0.4 is 10.2 Å². The number of nitrogens with one attached hydrogen (secondary N) is 1. The first-order valence-electron chi connectivity index (χ1n) is 14.4. The number of piperidine rings is 1. The van der Waals surface area contributed by atoms with E-state index in [1.807, 2.05) is 6.07 Å². The Labute approximate surface area is 239 Å². The van der Waals surface area contributed by atoms with Gasteiger partial charge in [0.15, 0.2) is 0 Å². The largest absolute Gasteiger partial charge is 0.370 e. The number of anilines is 1. The molecule has 39 heavy (non-hydrogen) atoms. The molecule has 2 fully saturated rings. The Balaban J connectivity index is 0.00000420. The van der Waals surface area contributed by atoms with E-state index in [1.54, 1.807) is 4.90 Å². The van der Waals surface area contributed by atoms with Crippen molar-refractivity contribution in [2.24, 2.45) is 4.99 Å². The fourth-order valence-corrected chi connectivity index (χ4v) is 6.04. The molecule has 0 atom stereocenters. The number of amidine groups is 1. The van der Waals surface area contributed by atoms with Crippen molar-refractivity contribution in [3.8, 4) is 0 Å². The number of benzene rings is 1. The number of ether oxygens (including phenoxy) is 1. The quantitative estimate of drug-likeness (QED) is 0.181. The van der Waals surface area contributed by atoms with Crippen molar-refractivity contribution in [3.05, 3.63) is 29.3 Å². The SMILES string of the molecule is C.CCCCCCCCCC1=NC2(CCN(SOCCc3ccc(N4CCOCC4=O)cc3C)CC2)C(=O)N1. The molecule has 2 amide bonds. The molecule has 1 aromatic rings. The van der Waals surface area contributed by atoms with Gasteiger partial charge in [0.2, 0.25) is 0 Å². The fourth-order valence-electron chi connectivity index (χ4n) is 5.40. The molecule has 1 N–H and O–H groups in total. The predicted octanol–water partition coefficient (Wildman–Crippen LogP) is 5.62. The molecule has 0 bridgehead atoms. The number of carbonyl (C=O) groups is 2. The van der Waals surface area contributed by atoms with Crippen molar-refractivity contribution >= 4 is 35.6 Å². The maximum absolute atomic E-state index is 12.8. The molecule has 0 aliphatic carbocycles. The smallest absolute Gasteiger partial charge is 0.253 e. The van der Waals surface area contributed by atoms with Crippen LogP contribution in [0.4, 0.5) is 5.69 Å².